The predicted molar refractivity (Wildman–Crippen MR) is 76.5 cm³/mol. The van der Waals surface area contributed by atoms with Crippen LogP contribution in [0.25, 0.3) is 0 Å². The molecule has 0 bridgehead atoms. The number of rotatable bonds is 1. The van der Waals surface area contributed by atoms with E-state index in [9.17, 15) is 33.0 Å². The van der Waals surface area contributed by atoms with Gasteiger partial charge in [-0.15, -0.1) is 0 Å². The lowest BCUT2D eigenvalue weighted by Crippen LogP contribution is -2.54. The molecule has 0 aliphatic heterocycles. The molecule has 4 nitrogen and oxygen atoms in total. The van der Waals surface area contributed by atoms with Crippen molar-refractivity contribution in [3.8, 4) is 0 Å². The van der Waals surface area contributed by atoms with E-state index < -0.39 is 35.0 Å². The number of hydrogen-bond donors (Lipinski definition) is 2. The number of aliphatic hydroxyl groups excluding tert-OH is 1. The summed E-state index contributed by atoms with van der Waals surface area (Å²) in [4.78, 5) is 24.8. The van der Waals surface area contributed by atoms with Gasteiger partial charge in [-0.1, -0.05) is 36.4 Å². The summed E-state index contributed by atoms with van der Waals surface area (Å²) in [5.41, 5.74) is -4.01. The summed E-state index contributed by atoms with van der Waals surface area (Å²) in [6, 6.07) is 8.75. The highest BCUT2D eigenvalue weighted by atomic mass is 19.4. The third-order valence-corrected chi connectivity index (χ3v) is 4.08. The van der Waals surface area contributed by atoms with Gasteiger partial charge in [0, 0.05) is 11.1 Å². The second-order valence-electron chi connectivity index (χ2n) is 5.48. The fourth-order valence-corrected chi connectivity index (χ4v) is 2.76. The Hall–Kier alpha value is -2.51. The van der Waals surface area contributed by atoms with E-state index in [0.29, 0.717) is 12.1 Å². The molecule has 124 valence electrons. The van der Waals surface area contributed by atoms with E-state index >= 15 is 0 Å². The highest BCUT2D eigenvalue weighted by Gasteiger charge is 2.53. The van der Waals surface area contributed by atoms with Gasteiger partial charge in [0.25, 0.3) is 0 Å². The lowest BCUT2D eigenvalue weighted by atomic mass is 9.72. The summed E-state index contributed by atoms with van der Waals surface area (Å²) in [7, 11) is 0. The molecule has 0 fully saturated rings. The summed E-state index contributed by atoms with van der Waals surface area (Å²) in [5.74, 6) is -1.81. The van der Waals surface area contributed by atoms with Gasteiger partial charge >= 0.3 is 6.18 Å². The molecule has 0 radical (unpaired) electrons. The normalized spacial score (nSPS) is 24.0. The van der Waals surface area contributed by atoms with Crippen LogP contribution in [0.15, 0.2) is 48.5 Å². The van der Waals surface area contributed by atoms with Crippen molar-refractivity contribution in [3.63, 3.8) is 0 Å². The lowest BCUT2D eigenvalue weighted by Gasteiger charge is -2.35. The van der Waals surface area contributed by atoms with E-state index in [4.69, 9.17) is 0 Å². The van der Waals surface area contributed by atoms with Crippen molar-refractivity contribution in [2.75, 3.05) is 0 Å². The molecule has 0 saturated carbocycles. The van der Waals surface area contributed by atoms with Crippen LogP contribution in [0.1, 0.15) is 31.8 Å². The van der Waals surface area contributed by atoms with E-state index in [1.165, 1.54) is 24.3 Å². The summed E-state index contributed by atoms with van der Waals surface area (Å²) >= 11 is 0. The van der Waals surface area contributed by atoms with Crippen molar-refractivity contribution in [1.82, 2.24) is 0 Å². The van der Waals surface area contributed by atoms with Crippen LogP contribution in [0.2, 0.25) is 0 Å². The first-order chi connectivity index (χ1) is 11.2. The minimum Gasteiger partial charge on any atom is -0.381 e. The molecule has 0 heterocycles. The maximum atomic E-state index is 12.6. The molecule has 1 aliphatic rings. The number of Topliss-reactive ketones (excluding diaryl/α,β-unsaturated/α-hetero) is 2. The third-order valence-electron chi connectivity index (χ3n) is 4.08. The van der Waals surface area contributed by atoms with E-state index in [0.717, 1.165) is 12.1 Å². The van der Waals surface area contributed by atoms with Crippen LogP contribution in [-0.4, -0.2) is 27.9 Å². The number of alkyl halides is 3. The maximum Gasteiger partial charge on any atom is 0.416 e. The monoisotopic (exact) mass is 336 g/mol. The molecule has 0 amide bonds. The van der Waals surface area contributed by atoms with Crippen LogP contribution in [0.4, 0.5) is 13.2 Å². The minimum absolute atomic E-state index is 0.0356. The quantitative estimate of drug-likeness (QED) is 0.838. The number of halogens is 3. The number of carbonyl (C=O) groups is 2. The molecule has 2 atom stereocenters. The van der Waals surface area contributed by atoms with E-state index in [2.05, 4.69) is 0 Å². The zero-order valence-electron chi connectivity index (χ0n) is 12.0. The van der Waals surface area contributed by atoms with Gasteiger partial charge in [-0.3, -0.25) is 9.59 Å². The zero-order valence-corrected chi connectivity index (χ0v) is 12.0. The molecular weight excluding hydrogens is 325 g/mol. The number of carbonyl (C=O) groups excluding carboxylic acids is 2. The highest BCUT2D eigenvalue weighted by Crippen LogP contribution is 2.38. The first-order valence-electron chi connectivity index (χ1n) is 6.93. The van der Waals surface area contributed by atoms with Crippen LogP contribution in [0.3, 0.4) is 0 Å². The van der Waals surface area contributed by atoms with Gasteiger partial charge in [-0.2, -0.15) is 13.2 Å². The summed E-state index contributed by atoms with van der Waals surface area (Å²) < 4.78 is 37.9. The average molecular weight is 336 g/mol. The van der Waals surface area contributed by atoms with Crippen molar-refractivity contribution >= 4 is 11.6 Å². The highest BCUT2D eigenvalue weighted by molar-refractivity contribution is 6.20. The van der Waals surface area contributed by atoms with Gasteiger partial charge < -0.3 is 10.2 Å². The predicted octanol–water partition coefficient (Wildman–Crippen LogP) is 2.33. The van der Waals surface area contributed by atoms with Crippen molar-refractivity contribution in [3.05, 3.63) is 70.8 Å². The first kappa shape index (κ1) is 16.4. The van der Waals surface area contributed by atoms with Gasteiger partial charge in [0.05, 0.1) is 5.56 Å². The second-order valence-corrected chi connectivity index (χ2v) is 5.48. The SMILES string of the molecule is O=C1c2ccccc2C(=O)[C@@](O)(c2ccc(C(F)(F)F)cc2)[C@@H]1O. The van der Waals surface area contributed by atoms with Crippen LogP contribution in [0.5, 0.6) is 0 Å². The number of ketones is 2. The Balaban J connectivity index is 2.13. The molecule has 0 spiro atoms. The topological polar surface area (TPSA) is 74.6 Å². The zero-order chi connectivity index (χ0) is 17.7. The maximum absolute atomic E-state index is 12.6. The van der Waals surface area contributed by atoms with Crippen molar-refractivity contribution in [1.29, 1.82) is 0 Å². The second kappa shape index (κ2) is 5.25. The Morgan fingerprint density at radius 1 is 0.917 bits per heavy atom. The average Bonchev–Trinajstić information content (AvgIpc) is 2.57. The number of aliphatic hydroxyl groups is 2. The minimum atomic E-state index is -4.58. The van der Waals surface area contributed by atoms with Crippen LogP contribution in [-0.2, 0) is 11.8 Å². The van der Waals surface area contributed by atoms with Crippen LogP contribution in [0, 0.1) is 0 Å². The fraction of sp³-hybridized carbons (Fsp3) is 0.176. The summed E-state index contributed by atoms with van der Waals surface area (Å²) in [6.07, 6.45) is -6.68. The van der Waals surface area contributed by atoms with Crippen molar-refractivity contribution < 1.29 is 33.0 Å². The Labute approximate surface area is 134 Å². The molecule has 0 aromatic heterocycles. The summed E-state index contributed by atoms with van der Waals surface area (Å²) in [5, 5.41) is 20.8. The van der Waals surface area contributed by atoms with Gasteiger partial charge in [0.15, 0.2) is 17.5 Å². The molecular formula is C17H11F3O4. The molecule has 24 heavy (non-hydrogen) atoms. The Bertz CT molecular complexity index is 826. The number of fused-ring (bicyclic) bond motifs is 1. The Kier molecular flexibility index (Phi) is 3.58. The van der Waals surface area contributed by atoms with Gasteiger partial charge in [0.2, 0.25) is 5.78 Å². The molecule has 0 saturated heterocycles. The van der Waals surface area contributed by atoms with Crippen LogP contribution < -0.4 is 0 Å². The largest absolute Gasteiger partial charge is 0.416 e. The molecule has 2 aromatic rings. The van der Waals surface area contributed by atoms with Crippen LogP contribution >= 0.6 is 0 Å². The lowest BCUT2D eigenvalue weighted by molar-refractivity contribution is -0.137. The van der Waals surface area contributed by atoms with Crippen molar-refractivity contribution in [2.45, 2.75) is 17.9 Å². The molecule has 0 unspecified atom stereocenters. The van der Waals surface area contributed by atoms with E-state index in [1.807, 2.05) is 0 Å². The van der Waals surface area contributed by atoms with Crippen molar-refractivity contribution in [2.24, 2.45) is 0 Å². The Morgan fingerprint density at radius 3 is 2.00 bits per heavy atom. The van der Waals surface area contributed by atoms with E-state index in [-0.39, 0.29) is 16.7 Å². The summed E-state index contributed by atoms with van der Waals surface area (Å²) in [6.45, 7) is 0. The molecule has 7 heteroatoms. The first-order valence-corrected chi connectivity index (χ1v) is 6.93. The Morgan fingerprint density at radius 2 is 1.46 bits per heavy atom. The third kappa shape index (κ3) is 2.24. The molecule has 2 aromatic carbocycles. The smallest absolute Gasteiger partial charge is 0.381 e. The van der Waals surface area contributed by atoms with Gasteiger partial charge in [-0.25, -0.2) is 0 Å². The molecule has 2 N–H and O–H groups in total. The fourth-order valence-electron chi connectivity index (χ4n) is 2.76. The van der Waals surface area contributed by atoms with Gasteiger partial charge in [-0.05, 0) is 17.7 Å². The molecule has 1 aliphatic carbocycles. The molecule has 3 rings (SSSR count). The van der Waals surface area contributed by atoms with E-state index in [1.54, 1.807) is 0 Å². The number of benzene rings is 2. The number of hydrogen-bond acceptors (Lipinski definition) is 4. The van der Waals surface area contributed by atoms with Gasteiger partial charge in [0.1, 0.15) is 0 Å². The standard InChI is InChI=1S/C17H11F3O4/c18-17(19,20)10-7-5-9(6-8-10)16(24)14(22)12-4-2-1-3-11(12)13(21)15(16)23/h1-8,15,23-24H/t15-,16+/m1/s1.